The van der Waals surface area contributed by atoms with Gasteiger partial charge in [0.15, 0.2) is 15.0 Å². The Morgan fingerprint density at radius 1 is 1.03 bits per heavy atom. The quantitative estimate of drug-likeness (QED) is 0.445. The zero-order valence-corrected chi connectivity index (χ0v) is 20.0. The molecular weight excluding hydrogens is 444 g/mol. The number of nitrogens with zero attached hydrogens (tertiary/aromatic N) is 3. The number of carbonyl (C=O) groups is 1. The molecule has 0 bridgehead atoms. The number of aryl methyl sites for hydroxylation is 2. The van der Waals surface area contributed by atoms with Gasteiger partial charge in [-0.2, -0.15) is 10.2 Å². The van der Waals surface area contributed by atoms with E-state index in [1.165, 1.54) is 24.5 Å². The summed E-state index contributed by atoms with van der Waals surface area (Å²) < 4.78 is 23.4. The standard InChI is InChI=1S/C23H26N4O3S2/c1-4-24-27-19-10-5-17(6-11-19)9-14-21-22(31-23(26-21)25-16(2)28)15-18-7-12-20(13-8-18)32(3,29)30/h5-8,10-13H,4,9,14-15H2,1-3H3,(H,25,26,28). The minimum Gasteiger partial charge on any atom is -0.302 e. The number of azo groups is 1. The fraction of sp³-hybridized carbons (Fsp3) is 0.304. The summed E-state index contributed by atoms with van der Waals surface area (Å²) in [5.74, 6) is -0.161. The van der Waals surface area contributed by atoms with Gasteiger partial charge in [-0.05, 0) is 55.2 Å². The molecular formula is C23H26N4O3S2. The first-order chi connectivity index (χ1) is 15.2. The van der Waals surface area contributed by atoms with Crippen molar-refractivity contribution in [3.63, 3.8) is 0 Å². The van der Waals surface area contributed by atoms with E-state index in [1.807, 2.05) is 43.3 Å². The smallest absolute Gasteiger partial charge is 0.223 e. The SMILES string of the molecule is CCN=Nc1ccc(CCc2nc(NC(C)=O)sc2Cc2ccc(S(C)(=O)=O)cc2)cc1. The molecule has 9 heteroatoms. The molecule has 0 saturated carbocycles. The third-order valence-corrected chi connectivity index (χ3v) is 6.83. The number of amides is 1. The van der Waals surface area contributed by atoms with Crippen molar-refractivity contribution in [3.8, 4) is 0 Å². The fourth-order valence-corrected chi connectivity index (χ4v) is 4.82. The predicted molar refractivity (Wildman–Crippen MR) is 128 cm³/mol. The summed E-state index contributed by atoms with van der Waals surface area (Å²) in [4.78, 5) is 17.5. The van der Waals surface area contributed by atoms with Crippen LogP contribution in [0.5, 0.6) is 0 Å². The van der Waals surface area contributed by atoms with Gasteiger partial charge in [0.1, 0.15) is 0 Å². The molecule has 1 amide bonds. The minimum absolute atomic E-state index is 0.161. The molecule has 0 atom stereocenters. The number of rotatable bonds is 9. The van der Waals surface area contributed by atoms with Gasteiger partial charge in [-0.15, -0.1) is 11.3 Å². The lowest BCUT2D eigenvalue weighted by Gasteiger charge is -2.05. The van der Waals surface area contributed by atoms with Gasteiger partial charge in [0, 0.05) is 24.5 Å². The number of thiazole rings is 1. The molecule has 0 aliphatic carbocycles. The van der Waals surface area contributed by atoms with Crippen LogP contribution in [0.3, 0.4) is 0 Å². The van der Waals surface area contributed by atoms with Gasteiger partial charge in [-0.25, -0.2) is 13.4 Å². The van der Waals surface area contributed by atoms with Crippen LogP contribution in [0.15, 0.2) is 63.7 Å². The first kappa shape index (κ1) is 23.7. The maximum atomic E-state index is 11.7. The number of nitrogens with one attached hydrogen (secondary N) is 1. The van der Waals surface area contributed by atoms with Crippen molar-refractivity contribution in [2.45, 2.75) is 38.0 Å². The average Bonchev–Trinajstić information content (AvgIpc) is 3.11. The molecule has 0 radical (unpaired) electrons. The zero-order chi connectivity index (χ0) is 23.1. The van der Waals surface area contributed by atoms with Gasteiger partial charge in [0.25, 0.3) is 0 Å². The summed E-state index contributed by atoms with van der Waals surface area (Å²) in [7, 11) is -3.23. The lowest BCUT2D eigenvalue weighted by molar-refractivity contribution is -0.114. The molecule has 2 aromatic carbocycles. The highest BCUT2D eigenvalue weighted by Gasteiger charge is 2.14. The van der Waals surface area contributed by atoms with E-state index in [0.717, 1.165) is 40.2 Å². The molecule has 3 aromatic rings. The van der Waals surface area contributed by atoms with Crippen LogP contribution in [-0.2, 0) is 33.9 Å². The van der Waals surface area contributed by atoms with E-state index in [1.54, 1.807) is 12.1 Å². The number of hydrogen-bond donors (Lipinski definition) is 1. The summed E-state index contributed by atoms with van der Waals surface area (Å²) >= 11 is 1.45. The van der Waals surface area contributed by atoms with Gasteiger partial charge in [-0.1, -0.05) is 24.3 Å². The van der Waals surface area contributed by atoms with E-state index < -0.39 is 9.84 Å². The van der Waals surface area contributed by atoms with E-state index in [2.05, 4.69) is 20.5 Å². The van der Waals surface area contributed by atoms with Crippen LogP contribution in [0.4, 0.5) is 10.8 Å². The molecule has 0 unspecified atom stereocenters. The highest BCUT2D eigenvalue weighted by Crippen LogP contribution is 2.27. The average molecular weight is 471 g/mol. The van der Waals surface area contributed by atoms with Crippen molar-refractivity contribution in [2.75, 3.05) is 18.1 Å². The Morgan fingerprint density at radius 2 is 1.69 bits per heavy atom. The molecule has 0 aliphatic heterocycles. The lowest BCUT2D eigenvalue weighted by atomic mass is 10.0. The van der Waals surface area contributed by atoms with Gasteiger partial charge >= 0.3 is 0 Å². The number of carbonyl (C=O) groups excluding carboxylic acids is 1. The van der Waals surface area contributed by atoms with Crippen molar-refractivity contribution in [3.05, 3.63) is 70.2 Å². The van der Waals surface area contributed by atoms with Crippen LogP contribution in [0.25, 0.3) is 0 Å². The second-order valence-electron chi connectivity index (χ2n) is 7.39. The topological polar surface area (TPSA) is 101 Å². The maximum absolute atomic E-state index is 11.7. The van der Waals surface area contributed by atoms with Gasteiger partial charge in [-0.3, -0.25) is 4.79 Å². The zero-order valence-electron chi connectivity index (χ0n) is 18.3. The Labute approximate surface area is 192 Å². The summed E-state index contributed by atoms with van der Waals surface area (Å²) in [5.41, 5.74) is 3.91. The molecule has 0 fully saturated rings. The summed E-state index contributed by atoms with van der Waals surface area (Å²) in [6.45, 7) is 4.06. The Bertz CT molecular complexity index is 1200. The first-order valence-electron chi connectivity index (χ1n) is 10.3. The Morgan fingerprint density at radius 3 is 2.28 bits per heavy atom. The maximum Gasteiger partial charge on any atom is 0.223 e. The number of aromatic nitrogens is 1. The summed E-state index contributed by atoms with van der Waals surface area (Å²) in [6.07, 6.45) is 3.34. The normalized spacial score (nSPS) is 11.7. The van der Waals surface area contributed by atoms with E-state index in [0.29, 0.717) is 23.0 Å². The van der Waals surface area contributed by atoms with Crippen LogP contribution >= 0.6 is 11.3 Å². The third-order valence-electron chi connectivity index (χ3n) is 4.69. The number of hydrogen-bond acceptors (Lipinski definition) is 7. The molecule has 0 saturated heterocycles. The van der Waals surface area contributed by atoms with Gasteiger partial charge in [0.05, 0.1) is 22.8 Å². The second kappa shape index (κ2) is 10.6. The van der Waals surface area contributed by atoms with Crippen LogP contribution in [-0.4, -0.2) is 32.1 Å². The van der Waals surface area contributed by atoms with Gasteiger partial charge < -0.3 is 5.32 Å². The van der Waals surface area contributed by atoms with E-state index in [9.17, 15) is 13.2 Å². The summed E-state index contributed by atoms with van der Waals surface area (Å²) in [6, 6.07) is 14.9. The van der Waals surface area contributed by atoms with Crippen molar-refractivity contribution in [1.29, 1.82) is 0 Å². The third kappa shape index (κ3) is 6.80. The highest BCUT2D eigenvalue weighted by atomic mass is 32.2. The van der Waals surface area contributed by atoms with E-state index >= 15 is 0 Å². The molecule has 1 N–H and O–H groups in total. The highest BCUT2D eigenvalue weighted by molar-refractivity contribution is 7.90. The molecule has 32 heavy (non-hydrogen) atoms. The number of sulfone groups is 1. The van der Waals surface area contributed by atoms with Crippen molar-refractivity contribution in [1.82, 2.24) is 4.98 Å². The molecule has 0 spiro atoms. The molecule has 0 aliphatic rings. The first-order valence-corrected chi connectivity index (χ1v) is 13.0. The largest absolute Gasteiger partial charge is 0.302 e. The van der Waals surface area contributed by atoms with E-state index in [-0.39, 0.29) is 5.91 Å². The Balaban J connectivity index is 1.76. The predicted octanol–water partition coefficient (Wildman–Crippen LogP) is 4.98. The summed E-state index contributed by atoms with van der Waals surface area (Å²) in [5, 5.41) is 11.5. The van der Waals surface area contributed by atoms with Gasteiger partial charge in [0.2, 0.25) is 5.91 Å². The molecule has 1 aromatic heterocycles. The van der Waals surface area contributed by atoms with Crippen LogP contribution in [0.1, 0.15) is 35.5 Å². The fourth-order valence-electron chi connectivity index (χ4n) is 3.11. The van der Waals surface area contributed by atoms with Crippen molar-refractivity contribution in [2.24, 2.45) is 10.2 Å². The van der Waals surface area contributed by atoms with Crippen molar-refractivity contribution >= 4 is 37.9 Å². The Kier molecular flexibility index (Phi) is 7.87. The number of benzene rings is 2. The van der Waals surface area contributed by atoms with Crippen LogP contribution in [0.2, 0.25) is 0 Å². The second-order valence-corrected chi connectivity index (χ2v) is 10.5. The molecule has 3 rings (SSSR count). The van der Waals surface area contributed by atoms with Crippen molar-refractivity contribution < 1.29 is 13.2 Å². The molecule has 1 heterocycles. The molecule has 168 valence electrons. The van der Waals surface area contributed by atoms with Crippen LogP contribution in [0, 0.1) is 0 Å². The Hall–Kier alpha value is -2.91. The van der Waals surface area contributed by atoms with Crippen LogP contribution < -0.4 is 5.32 Å². The number of anilines is 1. The lowest BCUT2D eigenvalue weighted by Crippen LogP contribution is -2.05. The monoisotopic (exact) mass is 470 g/mol. The van der Waals surface area contributed by atoms with E-state index in [4.69, 9.17) is 0 Å². The molecule has 7 nitrogen and oxygen atoms in total. The minimum atomic E-state index is -3.23.